The van der Waals surface area contributed by atoms with Crippen molar-refractivity contribution in [1.29, 1.82) is 0 Å². The van der Waals surface area contributed by atoms with Crippen molar-refractivity contribution in [3.05, 3.63) is 83.1 Å². The molecule has 0 aliphatic rings. The van der Waals surface area contributed by atoms with Crippen molar-refractivity contribution in [2.24, 2.45) is 0 Å². The van der Waals surface area contributed by atoms with Gasteiger partial charge in [-0.25, -0.2) is 13.4 Å². The fourth-order valence-corrected chi connectivity index (χ4v) is 4.18. The van der Waals surface area contributed by atoms with Crippen LogP contribution in [0.25, 0.3) is 16.9 Å². The van der Waals surface area contributed by atoms with Crippen LogP contribution in [0.4, 0.5) is 5.69 Å². The Labute approximate surface area is 165 Å². The summed E-state index contributed by atoms with van der Waals surface area (Å²) in [6, 6.07) is 17.7. The predicted molar refractivity (Wildman–Crippen MR) is 110 cm³/mol. The first kappa shape index (κ1) is 17.8. The van der Waals surface area contributed by atoms with Crippen molar-refractivity contribution in [2.45, 2.75) is 11.8 Å². The Balaban J connectivity index is 1.67. The summed E-state index contributed by atoms with van der Waals surface area (Å²) >= 11 is 3.31. The molecule has 27 heavy (non-hydrogen) atoms. The van der Waals surface area contributed by atoms with Crippen molar-refractivity contribution < 1.29 is 8.42 Å². The van der Waals surface area contributed by atoms with E-state index in [9.17, 15) is 8.42 Å². The first-order chi connectivity index (χ1) is 12.9. The number of anilines is 1. The molecule has 1 N–H and O–H groups in total. The molecule has 4 aromatic rings. The normalized spacial score (nSPS) is 11.6. The van der Waals surface area contributed by atoms with E-state index in [4.69, 9.17) is 0 Å². The lowest BCUT2D eigenvalue weighted by atomic mass is 10.1. The molecule has 0 bridgehead atoms. The summed E-state index contributed by atoms with van der Waals surface area (Å²) in [5, 5.41) is 0. The maximum absolute atomic E-state index is 12.6. The molecular weight excluding hydrogens is 426 g/mol. The van der Waals surface area contributed by atoms with Gasteiger partial charge in [-0.2, -0.15) is 0 Å². The molecule has 2 aromatic heterocycles. The number of imidazole rings is 1. The lowest BCUT2D eigenvalue weighted by molar-refractivity contribution is 0.601. The van der Waals surface area contributed by atoms with Gasteiger partial charge in [0.25, 0.3) is 10.0 Å². The molecule has 2 heterocycles. The molecule has 0 spiro atoms. The summed E-state index contributed by atoms with van der Waals surface area (Å²) in [7, 11) is -3.66. The maximum Gasteiger partial charge on any atom is 0.261 e. The number of rotatable bonds is 4. The third kappa shape index (κ3) is 3.61. The number of pyridine rings is 1. The van der Waals surface area contributed by atoms with Gasteiger partial charge in [-0.15, -0.1) is 0 Å². The van der Waals surface area contributed by atoms with Crippen LogP contribution in [0.15, 0.2) is 82.4 Å². The Hall–Kier alpha value is -2.64. The highest BCUT2D eigenvalue weighted by Gasteiger charge is 2.15. The fraction of sp³-hybridized carbons (Fsp3) is 0.0500. The first-order valence-electron chi connectivity index (χ1n) is 8.25. The number of nitrogens with zero attached hydrogens (tertiary/aromatic N) is 2. The number of hydrogen-bond donors (Lipinski definition) is 1. The smallest absolute Gasteiger partial charge is 0.261 e. The van der Waals surface area contributed by atoms with Crippen LogP contribution in [-0.2, 0) is 10.0 Å². The third-order valence-corrected chi connectivity index (χ3v) is 6.14. The van der Waals surface area contributed by atoms with Gasteiger partial charge < -0.3 is 4.40 Å². The van der Waals surface area contributed by atoms with Crippen LogP contribution in [0.3, 0.4) is 0 Å². The van der Waals surface area contributed by atoms with Gasteiger partial charge in [-0.3, -0.25) is 4.72 Å². The monoisotopic (exact) mass is 441 g/mol. The summed E-state index contributed by atoms with van der Waals surface area (Å²) in [6.45, 7) is 2.01. The van der Waals surface area contributed by atoms with Crippen LogP contribution >= 0.6 is 15.9 Å². The molecule has 0 aliphatic heterocycles. The molecule has 0 unspecified atom stereocenters. The van der Waals surface area contributed by atoms with Crippen LogP contribution in [0.1, 0.15) is 5.56 Å². The summed E-state index contributed by atoms with van der Waals surface area (Å²) in [4.78, 5) is 4.88. The van der Waals surface area contributed by atoms with E-state index in [0.717, 1.165) is 26.9 Å². The van der Waals surface area contributed by atoms with E-state index in [0.29, 0.717) is 5.69 Å². The summed E-state index contributed by atoms with van der Waals surface area (Å²) in [5.41, 5.74) is 4.08. The van der Waals surface area contributed by atoms with Crippen molar-refractivity contribution in [3.63, 3.8) is 0 Å². The Morgan fingerprint density at radius 3 is 2.56 bits per heavy atom. The number of nitrogens with one attached hydrogen (secondary N) is 1. The van der Waals surface area contributed by atoms with Crippen LogP contribution < -0.4 is 4.72 Å². The van der Waals surface area contributed by atoms with E-state index in [1.54, 1.807) is 36.4 Å². The number of fused-ring (bicyclic) bond motifs is 1. The minimum absolute atomic E-state index is 0.208. The second-order valence-electron chi connectivity index (χ2n) is 6.19. The van der Waals surface area contributed by atoms with Crippen LogP contribution in [0, 0.1) is 6.92 Å². The maximum atomic E-state index is 12.6. The predicted octanol–water partition coefficient (Wildman–Crippen LogP) is 4.87. The van der Waals surface area contributed by atoms with Gasteiger partial charge in [0.2, 0.25) is 0 Å². The van der Waals surface area contributed by atoms with E-state index >= 15 is 0 Å². The third-order valence-electron chi connectivity index (χ3n) is 4.21. The van der Waals surface area contributed by atoms with Crippen LogP contribution in [-0.4, -0.2) is 17.8 Å². The number of aromatic nitrogens is 2. The molecule has 0 aliphatic carbocycles. The molecule has 5 nitrogen and oxygen atoms in total. The standard InChI is InChI=1S/C20H16BrN3O2S/c1-14-4-3-11-24-13-19(22-20(14)24)15-5-2-6-17(12-15)23-27(25,26)18-9-7-16(21)8-10-18/h2-13,23H,1H3. The van der Waals surface area contributed by atoms with E-state index in [1.807, 2.05) is 48.0 Å². The zero-order valence-electron chi connectivity index (χ0n) is 14.4. The molecule has 2 aromatic carbocycles. The van der Waals surface area contributed by atoms with Gasteiger partial charge in [0.15, 0.2) is 0 Å². The van der Waals surface area contributed by atoms with Crippen molar-refractivity contribution in [1.82, 2.24) is 9.38 Å². The SMILES string of the molecule is Cc1cccn2cc(-c3cccc(NS(=O)(=O)c4ccc(Br)cc4)c3)nc12. The average Bonchev–Trinajstić information content (AvgIpc) is 3.08. The lowest BCUT2D eigenvalue weighted by Gasteiger charge is -2.09. The summed E-state index contributed by atoms with van der Waals surface area (Å²) in [6.07, 6.45) is 3.88. The largest absolute Gasteiger partial charge is 0.306 e. The molecule has 7 heteroatoms. The van der Waals surface area contributed by atoms with Crippen molar-refractivity contribution >= 4 is 37.3 Å². The number of hydrogen-bond acceptors (Lipinski definition) is 3. The van der Waals surface area contributed by atoms with Crippen molar-refractivity contribution in [3.8, 4) is 11.3 Å². The second kappa shape index (κ2) is 6.83. The molecule has 0 amide bonds. The fourth-order valence-electron chi connectivity index (χ4n) is 2.86. The molecule has 0 radical (unpaired) electrons. The molecule has 136 valence electrons. The molecular formula is C20H16BrN3O2S. The topological polar surface area (TPSA) is 63.5 Å². The number of sulfonamides is 1. The molecule has 0 saturated carbocycles. The quantitative estimate of drug-likeness (QED) is 0.491. The summed E-state index contributed by atoms with van der Waals surface area (Å²) < 4.78 is 30.6. The van der Waals surface area contributed by atoms with Gasteiger partial charge in [0.1, 0.15) is 5.65 Å². The van der Waals surface area contributed by atoms with Crippen molar-refractivity contribution in [2.75, 3.05) is 4.72 Å². The summed E-state index contributed by atoms with van der Waals surface area (Å²) in [5.74, 6) is 0. The first-order valence-corrected chi connectivity index (χ1v) is 10.5. The molecule has 0 atom stereocenters. The van der Waals surface area contributed by atoms with E-state index in [-0.39, 0.29) is 4.90 Å². The van der Waals surface area contributed by atoms with Gasteiger partial charge in [0.05, 0.1) is 10.6 Å². The number of benzene rings is 2. The van der Waals surface area contributed by atoms with Crippen LogP contribution in [0.5, 0.6) is 0 Å². The number of aryl methyl sites for hydroxylation is 1. The Bertz CT molecular complexity index is 1230. The highest BCUT2D eigenvalue weighted by molar-refractivity contribution is 9.10. The average molecular weight is 442 g/mol. The van der Waals surface area contributed by atoms with Gasteiger partial charge >= 0.3 is 0 Å². The van der Waals surface area contributed by atoms with Gasteiger partial charge in [0, 0.05) is 28.1 Å². The minimum Gasteiger partial charge on any atom is -0.306 e. The minimum atomic E-state index is -3.66. The second-order valence-corrected chi connectivity index (χ2v) is 8.79. The van der Waals surface area contributed by atoms with E-state index in [1.165, 1.54) is 0 Å². The van der Waals surface area contributed by atoms with Crippen LogP contribution in [0.2, 0.25) is 0 Å². The van der Waals surface area contributed by atoms with E-state index < -0.39 is 10.0 Å². The number of halogens is 1. The highest BCUT2D eigenvalue weighted by atomic mass is 79.9. The van der Waals surface area contributed by atoms with E-state index in [2.05, 4.69) is 25.6 Å². The van der Waals surface area contributed by atoms with Gasteiger partial charge in [-0.05, 0) is 55.0 Å². The molecule has 0 saturated heterocycles. The zero-order valence-corrected chi connectivity index (χ0v) is 16.8. The Morgan fingerprint density at radius 2 is 1.81 bits per heavy atom. The Kier molecular flexibility index (Phi) is 4.49. The molecule has 0 fully saturated rings. The highest BCUT2D eigenvalue weighted by Crippen LogP contribution is 2.25. The van der Waals surface area contributed by atoms with Gasteiger partial charge in [-0.1, -0.05) is 34.1 Å². The lowest BCUT2D eigenvalue weighted by Crippen LogP contribution is -2.12. The molecule has 4 rings (SSSR count). The Morgan fingerprint density at radius 1 is 1.04 bits per heavy atom. The zero-order chi connectivity index (χ0) is 19.0.